The number of carboxylic acid groups (broad SMARTS) is 1. The molecule has 0 saturated carbocycles. The number of hydrogen-bond donors (Lipinski definition) is 2. The number of hydrogen-bond acceptors (Lipinski definition) is 5. The van der Waals surface area contributed by atoms with Crippen molar-refractivity contribution in [2.45, 2.75) is 32.6 Å². The minimum Gasteiger partial charge on any atom is -0.507 e. The Morgan fingerprint density at radius 2 is 2.00 bits per heavy atom. The fourth-order valence-corrected chi connectivity index (χ4v) is 2.56. The molecule has 23 heavy (non-hydrogen) atoms. The molecule has 6 nitrogen and oxygen atoms in total. The van der Waals surface area contributed by atoms with Gasteiger partial charge in [0.05, 0.1) is 11.5 Å². The highest BCUT2D eigenvalue weighted by Crippen LogP contribution is 2.27. The van der Waals surface area contributed by atoms with Crippen molar-refractivity contribution < 1.29 is 19.4 Å². The highest BCUT2D eigenvalue weighted by Gasteiger charge is 2.09. The first-order valence-corrected chi connectivity index (χ1v) is 7.75. The SMILES string of the molecule is CCN(CCCCCC(=O)O)c1ccc2c(O)cc(=O)oc2c1. The van der Waals surface area contributed by atoms with Gasteiger partial charge in [-0.3, -0.25) is 4.79 Å². The number of aromatic hydroxyl groups is 1. The van der Waals surface area contributed by atoms with Crippen LogP contribution in [-0.2, 0) is 4.79 Å². The lowest BCUT2D eigenvalue weighted by Crippen LogP contribution is -2.23. The predicted octanol–water partition coefficient (Wildman–Crippen LogP) is 2.97. The molecule has 0 radical (unpaired) electrons. The Kier molecular flexibility index (Phi) is 5.62. The van der Waals surface area contributed by atoms with E-state index in [9.17, 15) is 14.7 Å². The summed E-state index contributed by atoms with van der Waals surface area (Å²) in [6.07, 6.45) is 2.62. The Bertz CT molecular complexity index is 737. The number of rotatable bonds is 8. The van der Waals surface area contributed by atoms with E-state index in [1.165, 1.54) is 0 Å². The van der Waals surface area contributed by atoms with Gasteiger partial charge < -0.3 is 19.5 Å². The van der Waals surface area contributed by atoms with Gasteiger partial charge in [0.2, 0.25) is 0 Å². The van der Waals surface area contributed by atoms with Crippen molar-refractivity contribution in [3.63, 3.8) is 0 Å². The number of aliphatic carboxylic acids is 1. The second kappa shape index (κ2) is 7.67. The van der Waals surface area contributed by atoms with Gasteiger partial charge >= 0.3 is 11.6 Å². The molecule has 1 aromatic heterocycles. The summed E-state index contributed by atoms with van der Waals surface area (Å²) in [6, 6.07) is 6.41. The number of carbonyl (C=O) groups is 1. The van der Waals surface area contributed by atoms with Crippen LogP contribution in [0.4, 0.5) is 5.69 Å². The summed E-state index contributed by atoms with van der Waals surface area (Å²) in [5.41, 5.74) is 0.688. The minimum atomic E-state index is -0.762. The maximum Gasteiger partial charge on any atom is 0.339 e. The van der Waals surface area contributed by atoms with E-state index in [2.05, 4.69) is 4.90 Å². The molecule has 2 N–H and O–H groups in total. The summed E-state index contributed by atoms with van der Waals surface area (Å²) in [6.45, 7) is 3.61. The van der Waals surface area contributed by atoms with Crippen molar-refractivity contribution in [3.8, 4) is 5.75 Å². The van der Waals surface area contributed by atoms with Crippen LogP contribution in [0.15, 0.2) is 33.5 Å². The Balaban J connectivity index is 2.07. The summed E-state index contributed by atoms with van der Waals surface area (Å²) in [7, 11) is 0. The van der Waals surface area contributed by atoms with Crippen LogP contribution in [0.3, 0.4) is 0 Å². The van der Waals surface area contributed by atoms with E-state index in [0.717, 1.165) is 37.7 Å². The second-order valence-corrected chi connectivity index (χ2v) is 5.42. The fourth-order valence-electron chi connectivity index (χ4n) is 2.56. The maximum atomic E-state index is 11.4. The number of nitrogens with zero attached hydrogens (tertiary/aromatic N) is 1. The van der Waals surface area contributed by atoms with Crippen LogP contribution in [0.2, 0.25) is 0 Å². The monoisotopic (exact) mass is 319 g/mol. The molecule has 0 saturated heterocycles. The molecule has 1 aromatic carbocycles. The Morgan fingerprint density at radius 1 is 1.22 bits per heavy atom. The lowest BCUT2D eigenvalue weighted by atomic mass is 10.1. The zero-order chi connectivity index (χ0) is 16.8. The molecule has 0 bridgehead atoms. The molecule has 124 valence electrons. The average Bonchev–Trinajstić information content (AvgIpc) is 2.49. The molecule has 2 rings (SSSR count). The first kappa shape index (κ1) is 16.9. The third-order valence-corrected chi connectivity index (χ3v) is 3.77. The van der Waals surface area contributed by atoms with Crippen molar-refractivity contribution in [2.75, 3.05) is 18.0 Å². The molecule has 6 heteroatoms. The topological polar surface area (TPSA) is 91.0 Å². The Morgan fingerprint density at radius 3 is 2.70 bits per heavy atom. The molecule has 2 aromatic rings. The summed E-state index contributed by atoms with van der Waals surface area (Å²) in [4.78, 5) is 24.0. The Hall–Kier alpha value is -2.50. The summed E-state index contributed by atoms with van der Waals surface area (Å²) in [5.74, 6) is -0.846. The molecule has 1 heterocycles. The van der Waals surface area contributed by atoms with Crippen LogP contribution < -0.4 is 10.5 Å². The van der Waals surface area contributed by atoms with Gasteiger partial charge in [0.1, 0.15) is 11.3 Å². The minimum absolute atomic E-state index is 0.0838. The van der Waals surface area contributed by atoms with Gasteiger partial charge in [-0.2, -0.15) is 0 Å². The summed E-state index contributed by atoms with van der Waals surface area (Å²) >= 11 is 0. The van der Waals surface area contributed by atoms with Crippen molar-refractivity contribution in [2.24, 2.45) is 0 Å². The number of unbranched alkanes of at least 4 members (excludes halogenated alkanes) is 2. The van der Waals surface area contributed by atoms with Gasteiger partial charge in [0.15, 0.2) is 0 Å². The number of benzene rings is 1. The number of carboxylic acids is 1. The average molecular weight is 319 g/mol. The molecule has 0 amide bonds. The van der Waals surface area contributed by atoms with E-state index in [-0.39, 0.29) is 12.2 Å². The fraction of sp³-hybridized carbons (Fsp3) is 0.412. The first-order valence-electron chi connectivity index (χ1n) is 7.75. The van der Waals surface area contributed by atoms with Crippen molar-refractivity contribution >= 4 is 22.6 Å². The zero-order valence-corrected chi connectivity index (χ0v) is 13.1. The first-order chi connectivity index (χ1) is 11.0. The van der Waals surface area contributed by atoms with E-state index < -0.39 is 11.6 Å². The van der Waals surface area contributed by atoms with E-state index in [4.69, 9.17) is 9.52 Å². The predicted molar refractivity (Wildman–Crippen MR) is 88.1 cm³/mol. The van der Waals surface area contributed by atoms with Crippen LogP contribution in [0.25, 0.3) is 11.0 Å². The van der Waals surface area contributed by atoms with E-state index >= 15 is 0 Å². The Labute approximate surface area is 134 Å². The molecule has 0 atom stereocenters. The van der Waals surface area contributed by atoms with Crippen molar-refractivity contribution in [3.05, 3.63) is 34.7 Å². The maximum absolute atomic E-state index is 11.4. The van der Waals surface area contributed by atoms with E-state index in [0.29, 0.717) is 17.4 Å². The van der Waals surface area contributed by atoms with Crippen LogP contribution in [0, 0.1) is 0 Å². The van der Waals surface area contributed by atoms with Crippen LogP contribution in [-0.4, -0.2) is 29.3 Å². The van der Waals surface area contributed by atoms with Crippen LogP contribution >= 0.6 is 0 Å². The smallest absolute Gasteiger partial charge is 0.339 e. The third kappa shape index (κ3) is 4.48. The van der Waals surface area contributed by atoms with E-state index in [1.54, 1.807) is 12.1 Å². The zero-order valence-electron chi connectivity index (χ0n) is 13.1. The van der Waals surface area contributed by atoms with Crippen LogP contribution in [0.5, 0.6) is 5.75 Å². The lowest BCUT2D eigenvalue weighted by Gasteiger charge is -2.23. The normalized spacial score (nSPS) is 10.8. The van der Waals surface area contributed by atoms with E-state index in [1.807, 2.05) is 13.0 Å². The summed E-state index contributed by atoms with van der Waals surface area (Å²) < 4.78 is 5.14. The molecule has 0 aliphatic carbocycles. The molecule has 0 aliphatic heterocycles. The highest BCUT2D eigenvalue weighted by atomic mass is 16.4. The molecule has 0 spiro atoms. The van der Waals surface area contributed by atoms with Gasteiger partial charge in [0, 0.05) is 31.3 Å². The molecule has 0 aliphatic rings. The standard InChI is InChI=1S/C17H21NO5/c1-2-18(9-5-3-4-6-16(20)21)12-7-8-13-14(19)11-17(22)23-15(13)10-12/h7-8,10-11,19H,2-6,9H2,1H3,(H,20,21). The molecular weight excluding hydrogens is 298 g/mol. The molecule has 0 unspecified atom stereocenters. The van der Waals surface area contributed by atoms with Gasteiger partial charge in [-0.15, -0.1) is 0 Å². The largest absolute Gasteiger partial charge is 0.507 e. The van der Waals surface area contributed by atoms with Crippen molar-refractivity contribution in [1.82, 2.24) is 0 Å². The number of fused-ring (bicyclic) bond motifs is 1. The molecular formula is C17H21NO5. The molecule has 0 fully saturated rings. The van der Waals surface area contributed by atoms with Gasteiger partial charge in [0.25, 0.3) is 0 Å². The highest BCUT2D eigenvalue weighted by molar-refractivity contribution is 5.85. The lowest BCUT2D eigenvalue weighted by molar-refractivity contribution is -0.137. The van der Waals surface area contributed by atoms with Gasteiger partial charge in [-0.1, -0.05) is 6.42 Å². The van der Waals surface area contributed by atoms with Crippen molar-refractivity contribution in [1.29, 1.82) is 0 Å². The quantitative estimate of drug-likeness (QED) is 0.574. The van der Waals surface area contributed by atoms with Crippen LogP contribution in [0.1, 0.15) is 32.6 Å². The second-order valence-electron chi connectivity index (χ2n) is 5.42. The van der Waals surface area contributed by atoms with Gasteiger partial charge in [-0.05, 0) is 31.9 Å². The van der Waals surface area contributed by atoms with Gasteiger partial charge in [-0.25, -0.2) is 4.79 Å². The summed E-state index contributed by atoms with van der Waals surface area (Å²) in [5, 5.41) is 18.9. The number of anilines is 1. The third-order valence-electron chi connectivity index (χ3n) is 3.77.